The Balaban J connectivity index is 1.58. The Morgan fingerprint density at radius 1 is 1.44 bits per heavy atom. The van der Waals surface area contributed by atoms with E-state index in [9.17, 15) is 4.79 Å². The Labute approximate surface area is 106 Å². The summed E-state index contributed by atoms with van der Waals surface area (Å²) in [5.41, 5.74) is 0. The maximum absolute atomic E-state index is 10.6. The van der Waals surface area contributed by atoms with Gasteiger partial charge in [-0.2, -0.15) is 0 Å². The van der Waals surface area contributed by atoms with Crippen molar-refractivity contribution in [1.29, 1.82) is 0 Å². The number of rotatable bonds is 5. The number of carboxylic acid groups (broad SMARTS) is 1. The molecule has 0 aliphatic heterocycles. The predicted octanol–water partition coefficient (Wildman–Crippen LogP) is 2.24. The second-order valence-corrected chi connectivity index (χ2v) is 5.73. The van der Waals surface area contributed by atoms with Gasteiger partial charge in [0.1, 0.15) is 0 Å². The van der Waals surface area contributed by atoms with Gasteiger partial charge in [-0.15, -0.1) is 10.2 Å². The lowest BCUT2D eigenvalue weighted by molar-refractivity contribution is -0.137. The zero-order chi connectivity index (χ0) is 12.7. The number of nitrogens with zero attached hydrogens (tertiary/aromatic N) is 2. The number of hydrogen-bond donors (Lipinski definition) is 1. The highest BCUT2D eigenvalue weighted by atomic mass is 16.4. The summed E-state index contributed by atoms with van der Waals surface area (Å²) in [5, 5.41) is 16.9. The molecule has 18 heavy (non-hydrogen) atoms. The molecule has 2 fully saturated rings. The van der Waals surface area contributed by atoms with Crippen LogP contribution >= 0.6 is 0 Å². The minimum atomic E-state index is -0.779. The molecule has 0 bridgehead atoms. The number of fused-ring (bicyclic) bond motifs is 1. The number of hydrogen-bond acceptors (Lipinski definition) is 4. The zero-order valence-corrected chi connectivity index (χ0v) is 10.5. The fourth-order valence-corrected chi connectivity index (χ4v) is 3.34. The van der Waals surface area contributed by atoms with Crippen LogP contribution in [0.5, 0.6) is 0 Å². The molecule has 1 aromatic rings. The molecule has 5 heteroatoms. The van der Waals surface area contributed by atoms with Crippen molar-refractivity contribution in [2.75, 3.05) is 0 Å². The molecule has 2 aliphatic carbocycles. The Kier molecular flexibility index (Phi) is 2.84. The highest BCUT2D eigenvalue weighted by Crippen LogP contribution is 2.62. The minimum Gasteiger partial charge on any atom is -0.481 e. The summed E-state index contributed by atoms with van der Waals surface area (Å²) in [7, 11) is 0. The lowest BCUT2D eigenvalue weighted by Gasteiger charge is -2.03. The van der Waals surface area contributed by atoms with Crippen LogP contribution in [-0.2, 0) is 11.2 Å². The van der Waals surface area contributed by atoms with E-state index < -0.39 is 5.97 Å². The topological polar surface area (TPSA) is 76.2 Å². The molecule has 3 rings (SSSR count). The number of aliphatic carboxylic acids is 1. The molecular formula is C13H18N2O3. The van der Waals surface area contributed by atoms with Gasteiger partial charge in [-0.1, -0.05) is 13.3 Å². The van der Waals surface area contributed by atoms with Gasteiger partial charge >= 0.3 is 5.97 Å². The van der Waals surface area contributed by atoms with Gasteiger partial charge in [-0.25, -0.2) is 0 Å². The van der Waals surface area contributed by atoms with Gasteiger partial charge in [-0.05, 0) is 30.6 Å². The maximum atomic E-state index is 10.6. The van der Waals surface area contributed by atoms with Gasteiger partial charge in [-0.3, -0.25) is 4.79 Å². The first-order valence-electron chi connectivity index (χ1n) is 6.69. The van der Waals surface area contributed by atoms with E-state index in [-0.39, 0.29) is 12.3 Å². The molecule has 0 aromatic carbocycles. The summed E-state index contributed by atoms with van der Waals surface area (Å²) in [6.07, 6.45) is 4.63. The summed E-state index contributed by atoms with van der Waals surface area (Å²) in [6.45, 7) is 1.89. The van der Waals surface area contributed by atoms with Crippen LogP contribution in [0.15, 0.2) is 4.42 Å². The third kappa shape index (κ3) is 2.13. The molecular weight excluding hydrogens is 232 g/mol. The van der Waals surface area contributed by atoms with Gasteiger partial charge < -0.3 is 9.52 Å². The van der Waals surface area contributed by atoms with Crippen molar-refractivity contribution in [2.24, 2.45) is 17.8 Å². The predicted molar refractivity (Wildman–Crippen MR) is 63.0 cm³/mol. The molecule has 1 N–H and O–H groups in total. The first-order chi connectivity index (χ1) is 8.65. The van der Waals surface area contributed by atoms with E-state index in [1.54, 1.807) is 0 Å². The third-order valence-corrected chi connectivity index (χ3v) is 4.22. The fraction of sp³-hybridized carbons (Fsp3) is 0.769. The van der Waals surface area contributed by atoms with Crippen molar-refractivity contribution >= 4 is 5.97 Å². The molecule has 2 saturated carbocycles. The smallest absolute Gasteiger partial charge is 0.303 e. The average molecular weight is 250 g/mol. The van der Waals surface area contributed by atoms with Gasteiger partial charge in [0.2, 0.25) is 11.8 Å². The first-order valence-corrected chi connectivity index (χ1v) is 6.69. The van der Waals surface area contributed by atoms with Gasteiger partial charge in [0.15, 0.2) is 0 Å². The normalized spacial score (nSPS) is 31.1. The van der Waals surface area contributed by atoms with Crippen LogP contribution in [0.4, 0.5) is 0 Å². The zero-order valence-electron chi connectivity index (χ0n) is 10.5. The molecule has 0 spiro atoms. The van der Waals surface area contributed by atoms with E-state index in [1.165, 1.54) is 19.3 Å². The van der Waals surface area contributed by atoms with Gasteiger partial charge in [0, 0.05) is 18.8 Å². The van der Waals surface area contributed by atoms with Crippen LogP contribution in [0.2, 0.25) is 0 Å². The highest BCUT2D eigenvalue weighted by molar-refractivity contribution is 5.66. The first kappa shape index (κ1) is 11.7. The second-order valence-electron chi connectivity index (χ2n) is 5.73. The summed E-state index contributed by atoms with van der Waals surface area (Å²) in [6, 6.07) is 0. The summed E-state index contributed by atoms with van der Waals surface area (Å²) in [5.74, 6) is 2.67. The average Bonchev–Trinajstić information content (AvgIpc) is 2.69. The molecule has 3 atom stereocenters. The Hall–Kier alpha value is -1.39. The Morgan fingerprint density at radius 3 is 2.83 bits per heavy atom. The van der Waals surface area contributed by atoms with Gasteiger partial charge in [0.25, 0.3) is 0 Å². The molecule has 0 amide bonds. The van der Waals surface area contributed by atoms with E-state index >= 15 is 0 Å². The monoisotopic (exact) mass is 250 g/mol. The molecule has 5 nitrogen and oxygen atoms in total. The van der Waals surface area contributed by atoms with Crippen LogP contribution in [0.1, 0.15) is 50.3 Å². The standard InChI is InChI=1S/C13H18N2O3/c1-7(6-11(16)17)5-10-14-15-13(18-10)12-8-3-2-4-9(8)12/h7-9,12H,2-6H2,1H3,(H,16,17). The number of aromatic nitrogens is 2. The van der Waals surface area contributed by atoms with Crippen LogP contribution in [-0.4, -0.2) is 21.3 Å². The molecule has 3 unspecified atom stereocenters. The van der Waals surface area contributed by atoms with Gasteiger partial charge in [0.05, 0.1) is 0 Å². The van der Waals surface area contributed by atoms with Crippen molar-refractivity contribution in [3.8, 4) is 0 Å². The van der Waals surface area contributed by atoms with Crippen molar-refractivity contribution < 1.29 is 14.3 Å². The number of carboxylic acids is 1. The third-order valence-electron chi connectivity index (χ3n) is 4.22. The highest BCUT2D eigenvalue weighted by Gasteiger charge is 2.56. The molecule has 1 aromatic heterocycles. The largest absolute Gasteiger partial charge is 0.481 e. The van der Waals surface area contributed by atoms with Crippen LogP contribution in [0.25, 0.3) is 0 Å². The van der Waals surface area contributed by atoms with Crippen molar-refractivity contribution in [2.45, 2.75) is 44.9 Å². The fourth-order valence-electron chi connectivity index (χ4n) is 3.34. The number of carbonyl (C=O) groups is 1. The van der Waals surface area contributed by atoms with Crippen LogP contribution in [0, 0.1) is 17.8 Å². The molecule has 1 heterocycles. The Bertz CT molecular complexity index is 447. The van der Waals surface area contributed by atoms with Crippen LogP contribution in [0.3, 0.4) is 0 Å². The molecule has 98 valence electrons. The van der Waals surface area contributed by atoms with E-state index in [0.29, 0.717) is 18.2 Å². The molecule has 0 saturated heterocycles. The maximum Gasteiger partial charge on any atom is 0.303 e. The molecule has 0 radical (unpaired) electrons. The quantitative estimate of drug-likeness (QED) is 0.867. The lowest BCUT2D eigenvalue weighted by Crippen LogP contribution is -2.07. The SMILES string of the molecule is CC(CC(=O)O)Cc1nnc(C2C3CCCC32)o1. The Morgan fingerprint density at radius 2 is 2.17 bits per heavy atom. The summed E-state index contributed by atoms with van der Waals surface area (Å²) < 4.78 is 5.68. The van der Waals surface area contributed by atoms with Crippen LogP contribution < -0.4 is 0 Å². The summed E-state index contributed by atoms with van der Waals surface area (Å²) >= 11 is 0. The summed E-state index contributed by atoms with van der Waals surface area (Å²) in [4.78, 5) is 10.6. The van der Waals surface area contributed by atoms with E-state index in [2.05, 4.69) is 10.2 Å². The van der Waals surface area contributed by atoms with E-state index in [4.69, 9.17) is 9.52 Å². The van der Waals surface area contributed by atoms with E-state index in [1.807, 2.05) is 6.92 Å². The lowest BCUT2D eigenvalue weighted by atomic mass is 10.0. The van der Waals surface area contributed by atoms with Crippen molar-refractivity contribution in [3.63, 3.8) is 0 Å². The molecule has 2 aliphatic rings. The van der Waals surface area contributed by atoms with Crippen molar-refractivity contribution in [1.82, 2.24) is 10.2 Å². The second kappa shape index (κ2) is 4.37. The van der Waals surface area contributed by atoms with Crippen molar-refractivity contribution in [3.05, 3.63) is 11.8 Å². The minimum absolute atomic E-state index is 0.0366. The van der Waals surface area contributed by atoms with E-state index in [0.717, 1.165) is 17.7 Å².